The summed E-state index contributed by atoms with van der Waals surface area (Å²) < 4.78 is 0. The van der Waals surface area contributed by atoms with Gasteiger partial charge in [-0.25, -0.2) is 0 Å². The van der Waals surface area contributed by atoms with Crippen LogP contribution in [0.25, 0.3) is 0 Å². The van der Waals surface area contributed by atoms with Gasteiger partial charge in [-0.05, 0) is 69.3 Å². The number of hydrogen-bond donors (Lipinski definition) is 0. The minimum Gasteiger partial charge on any atom is -0.341 e. The summed E-state index contributed by atoms with van der Waals surface area (Å²) in [7, 11) is 1.88. The van der Waals surface area contributed by atoms with Crippen LogP contribution in [0.5, 0.6) is 0 Å². The number of ketones is 1. The maximum Gasteiger partial charge on any atom is 0.227 e. The van der Waals surface area contributed by atoms with E-state index in [0.29, 0.717) is 22.9 Å². The molecule has 1 aromatic rings. The molecule has 1 aliphatic heterocycles. The number of nitrogens with zero attached hydrogens (tertiary/aromatic N) is 2. The van der Waals surface area contributed by atoms with Gasteiger partial charge in [0.05, 0.1) is 21.9 Å². The van der Waals surface area contributed by atoms with Crippen LogP contribution in [0.3, 0.4) is 0 Å². The fourth-order valence-electron chi connectivity index (χ4n) is 5.58. The Morgan fingerprint density at radius 1 is 1.23 bits per heavy atom. The van der Waals surface area contributed by atoms with E-state index in [1.807, 2.05) is 18.0 Å². The molecule has 30 heavy (non-hydrogen) atoms. The van der Waals surface area contributed by atoms with E-state index in [2.05, 4.69) is 4.90 Å². The lowest BCUT2D eigenvalue weighted by atomic mass is 9.67. The largest absolute Gasteiger partial charge is 0.341 e. The summed E-state index contributed by atoms with van der Waals surface area (Å²) in [5.74, 6) is 0.318. The first-order chi connectivity index (χ1) is 14.3. The molecule has 3 fully saturated rings. The first-order valence-electron chi connectivity index (χ1n) is 10.8. The number of thiocarbonyl (C=S) groups is 1. The van der Waals surface area contributed by atoms with Crippen molar-refractivity contribution in [1.29, 1.82) is 0 Å². The predicted octanol–water partition coefficient (Wildman–Crippen LogP) is 4.73. The van der Waals surface area contributed by atoms with Crippen LogP contribution in [0, 0.1) is 5.41 Å². The third-order valence-electron chi connectivity index (χ3n) is 7.36. The summed E-state index contributed by atoms with van der Waals surface area (Å²) in [5.41, 5.74) is 0.339. The van der Waals surface area contributed by atoms with E-state index in [9.17, 15) is 9.59 Å². The zero-order valence-corrected chi connectivity index (χ0v) is 19.7. The lowest BCUT2D eigenvalue weighted by molar-refractivity contribution is -0.137. The molecule has 3 aliphatic rings. The summed E-state index contributed by atoms with van der Waals surface area (Å²) in [6.07, 6.45) is 6.35. The zero-order valence-electron chi connectivity index (χ0n) is 17.3. The molecule has 2 saturated carbocycles. The van der Waals surface area contributed by atoms with Crippen LogP contribution < -0.4 is 0 Å². The number of rotatable bonds is 4. The SMILES string of the molecule is CN(C(=O)Cc1ccc(Cl)c(Cl)c1)C1CC2(CCC1N1CCCC1)C(=O)CCC2=S. The number of hydrogen-bond acceptors (Lipinski definition) is 4. The van der Waals surface area contributed by atoms with Crippen molar-refractivity contribution < 1.29 is 9.59 Å². The fourth-order valence-corrected chi connectivity index (χ4v) is 6.30. The Morgan fingerprint density at radius 2 is 1.97 bits per heavy atom. The Morgan fingerprint density at radius 3 is 2.60 bits per heavy atom. The number of Topliss-reactive ketones (excluding diaryl/α,β-unsaturated/α-hetero) is 1. The molecule has 1 saturated heterocycles. The van der Waals surface area contributed by atoms with Crippen LogP contribution >= 0.6 is 35.4 Å². The van der Waals surface area contributed by atoms with E-state index in [1.165, 1.54) is 12.8 Å². The van der Waals surface area contributed by atoms with Gasteiger partial charge in [-0.2, -0.15) is 0 Å². The highest BCUT2D eigenvalue weighted by atomic mass is 35.5. The quantitative estimate of drug-likeness (QED) is 0.601. The van der Waals surface area contributed by atoms with Crippen molar-refractivity contribution in [2.45, 2.75) is 63.5 Å². The van der Waals surface area contributed by atoms with E-state index in [0.717, 1.165) is 42.8 Å². The molecule has 1 spiro atoms. The molecular weight excluding hydrogens is 439 g/mol. The molecule has 2 aliphatic carbocycles. The second-order valence-electron chi connectivity index (χ2n) is 8.98. The Labute approximate surface area is 193 Å². The summed E-state index contributed by atoms with van der Waals surface area (Å²) in [6.45, 7) is 2.14. The number of carbonyl (C=O) groups is 2. The van der Waals surface area contributed by atoms with Crippen molar-refractivity contribution in [3.8, 4) is 0 Å². The molecule has 0 aromatic heterocycles. The monoisotopic (exact) mass is 466 g/mol. The van der Waals surface area contributed by atoms with Gasteiger partial charge in [0.2, 0.25) is 5.91 Å². The summed E-state index contributed by atoms with van der Waals surface area (Å²) in [6, 6.07) is 5.61. The van der Waals surface area contributed by atoms with Gasteiger partial charge in [0, 0.05) is 30.4 Å². The maximum atomic E-state index is 13.2. The van der Waals surface area contributed by atoms with Crippen LogP contribution in [0.2, 0.25) is 10.0 Å². The third kappa shape index (κ3) is 4.06. The topological polar surface area (TPSA) is 40.6 Å². The molecule has 3 atom stereocenters. The van der Waals surface area contributed by atoms with E-state index in [1.54, 1.807) is 12.1 Å². The van der Waals surface area contributed by atoms with Gasteiger partial charge < -0.3 is 4.90 Å². The lowest BCUT2D eigenvalue weighted by Gasteiger charge is -2.48. The Balaban J connectivity index is 1.57. The molecule has 0 bridgehead atoms. The van der Waals surface area contributed by atoms with Crippen LogP contribution in [-0.2, 0) is 16.0 Å². The molecule has 4 nitrogen and oxygen atoms in total. The molecule has 1 heterocycles. The smallest absolute Gasteiger partial charge is 0.227 e. The number of benzene rings is 1. The van der Waals surface area contributed by atoms with Gasteiger partial charge in [-0.15, -0.1) is 0 Å². The normalized spacial score (nSPS) is 29.7. The summed E-state index contributed by atoms with van der Waals surface area (Å²) in [5, 5.41) is 0.941. The highest BCUT2D eigenvalue weighted by Crippen LogP contribution is 2.47. The Hall–Kier alpha value is -1.01. The number of halogens is 2. The number of likely N-dealkylation sites (N-methyl/N-ethyl adjacent to an activating group) is 1. The van der Waals surface area contributed by atoms with E-state index < -0.39 is 5.41 Å². The van der Waals surface area contributed by atoms with Crippen LogP contribution in [-0.4, -0.2) is 58.6 Å². The van der Waals surface area contributed by atoms with Crippen LogP contribution in [0.4, 0.5) is 0 Å². The Kier molecular flexibility index (Phi) is 6.55. The average molecular weight is 467 g/mol. The molecule has 0 N–H and O–H groups in total. The zero-order chi connectivity index (χ0) is 21.5. The van der Waals surface area contributed by atoms with Crippen molar-refractivity contribution in [1.82, 2.24) is 9.80 Å². The molecule has 1 amide bonds. The van der Waals surface area contributed by atoms with Gasteiger partial charge in [-0.1, -0.05) is 41.5 Å². The molecule has 7 heteroatoms. The lowest BCUT2D eigenvalue weighted by Crippen LogP contribution is -2.58. The number of carbonyl (C=O) groups excluding carboxylic acids is 2. The maximum absolute atomic E-state index is 13.2. The van der Waals surface area contributed by atoms with E-state index in [-0.39, 0.29) is 30.2 Å². The summed E-state index contributed by atoms with van der Waals surface area (Å²) >= 11 is 17.8. The van der Waals surface area contributed by atoms with Gasteiger partial charge in [-0.3, -0.25) is 14.5 Å². The highest BCUT2D eigenvalue weighted by Gasteiger charge is 2.53. The standard InChI is InChI=1S/C23H28Cl2N2O2S/c1-26(22(29)13-15-4-5-16(24)17(25)12-15)19-14-23(20(28)6-7-21(23)30)9-8-18(19)27-10-2-3-11-27/h4-5,12,18-19H,2-3,6-11,13-14H2,1H3. The number of likely N-dealkylation sites (tertiary alicyclic amines) is 1. The van der Waals surface area contributed by atoms with Gasteiger partial charge in [0.15, 0.2) is 0 Å². The first kappa shape index (κ1) is 22.2. The Bertz CT molecular complexity index is 853. The molecule has 0 radical (unpaired) electrons. The minimum absolute atomic E-state index is 0.00729. The second-order valence-corrected chi connectivity index (χ2v) is 10.3. The molecule has 1 aromatic carbocycles. The molecule has 4 rings (SSSR count). The first-order valence-corrected chi connectivity index (χ1v) is 12.0. The molecule has 162 valence electrons. The van der Waals surface area contributed by atoms with Crippen molar-refractivity contribution in [2.24, 2.45) is 5.41 Å². The minimum atomic E-state index is -0.506. The van der Waals surface area contributed by atoms with E-state index >= 15 is 0 Å². The molecular formula is C23H28Cl2N2O2S. The second kappa shape index (κ2) is 8.85. The van der Waals surface area contributed by atoms with Crippen molar-refractivity contribution >= 4 is 52.0 Å². The summed E-state index contributed by atoms with van der Waals surface area (Å²) in [4.78, 5) is 31.4. The average Bonchev–Trinajstić information content (AvgIpc) is 3.35. The van der Waals surface area contributed by atoms with Crippen molar-refractivity contribution in [3.63, 3.8) is 0 Å². The molecule has 3 unspecified atom stereocenters. The van der Waals surface area contributed by atoms with Gasteiger partial charge in [0.1, 0.15) is 5.78 Å². The van der Waals surface area contributed by atoms with Gasteiger partial charge >= 0.3 is 0 Å². The third-order valence-corrected chi connectivity index (χ3v) is 8.69. The predicted molar refractivity (Wildman–Crippen MR) is 124 cm³/mol. The van der Waals surface area contributed by atoms with Crippen LogP contribution in [0.1, 0.15) is 50.5 Å². The number of amides is 1. The highest BCUT2D eigenvalue weighted by molar-refractivity contribution is 7.80. The van der Waals surface area contributed by atoms with Crippen molar-refractivity contribution in [2.75, 3.05) is 20.1 Å². The fraction of sp³-hybridized carbons (Fsp3) is 0.609. The van der Waals surface area contributed by atoms with E-state index in [4.69, 9.17) is 35.4 Å². The van der Waals surface area contributed by atoms with Gasteiger partial charge in [0.25, 0.3) is 0 Å². The van der Waals surface area contributed by atoms with Crippen LogP contribution in [0.15, 0.2) is 18.2 Å². The van der Waals surface area contributed by atoms with Crippen molar-refractivity contribution in [3.05, 3.63) is 33.8 Å².